The van der Waals surface area contributed by atoms with Crippen molar-refractivity contribution in [1.82, 2.24) is 0 Å². The highest BCUT2D eigenvalue weighted by molar-refractivity contribution is 7.99. The van der Waals surface area contributed by atoms with Gasteiger partial charge in [0.2, 0.25) is 0 Å². The molecule has 16 heavy (non-hydrogen) atoms. The van der Waals surface area contributed by atoms with Gasteiger partial charge in [-0.25, -0.2) is 0 Å². The maximum atomic E-state index is 12.6. The molecule has 0 N–H and O–H groups in total. The molecular weight excluding hydrogens is 237 g/mol. The number of benzene rings is 1. The first-order valence-corrected chi connectivity index (χ1v) is 5.68. The number of thioether (sulfide) groups is 1. The highest BCUT2D eigenvalue weighted by Crippen LogP contribution is 2.36. The molecule has 0 fully saturated rings. The lowest BCUT2D eigenvalue weighted by molar-refractivity contribution is -0.139. The van der Waals surface area contributed by atoms with E-state index in [1.165, 1.54) is 19.1 Å². The first kappa shape index (κ1) is 13.1. The molecule has 1 rings (SSSR count). The Morgan fingerprint density at radius 2 is 1.94 bits per heavy atom. The minimum absolute atomic E-state index is 0.0167. The zero-order valence-electron chi connectivity index (χ0n) is 8.67. The van der Waals surface area contributed by atoms with Crippen molar-refractivity contribution < 1.29 is 18.0 Å². The number of hydrogen-bond donors (Lipinski definition) is 0. The summed E-state index contributed by atoms with van der Waals surface area (Å²) >= 11 is 1.06. The Balaban J connectivity index is 2.76. The van der Waals surface area contributed by atoms with E-state index >= 15 is 0 Å². The monoisotopic (exact) mass is 248 g/mol. The van der Waals surface area contributed by atoms with Crippen LogP contribution in [0.5, 0.6) is 0 Å². The van der Waals surface area contributed by atoms with Crippen LogP contribution in [-0.4, -0.2) is 11.5 Å². The standard InChI is InChI=1S/C11H11F3OS/c1-8(15)6-7-16-10-5-3-2-4-9(10)11(12,13)14/h2-5H,6-7H2,1H3. The Labute approximate surface area is 96.0 Å². The van der Waals surface area contributed by atoms with Crippen LogP contribution in [0.2, 0.25) is 0 Å². The lowest BCUT2D eigenvalue weighted by atomic mass is 10.2. The largest absolute Gasteiger partial charge is 0.417 e. The van der Waals surface area contributed by atoms with E-state index in [1.807, 2.05) is 0 Å². The zero-order valence-corrected chi connectivity index (χ0v) is 9.49. The molecule has 88 valence electrons. The molecule has 0 unspecified atom stereocenters. The number of alkyl halides is 3. The van der Waals surface area contributed by atoms with Gasteiger partial charge in [-0.2, -0.15) is 13.2 Å². The van der Waals surface area contributed by atoms with E-state index in [1.54, 1.807) is 6.07 Å². The molecule has 0 heterocycles. The van der Waals surface area contributed by atoms with Crippen molar-refractivity contribution in [3.05, 3.63) is 29.8 Å². The molecule has 1 aromatic rings. The fraction of sp³-hybridized carbons (Fsp3) is 0.364. The van der Waals surface area contributed by atoms with Crippen LogP contribution in [-0.2, 0) is 11.0 Å². The number of carbonyl (C=O) groups excluding carboxylic acids is 1. The van der Waals surface area contributed by atoms with Gasteiger partial charge in [0, 0.05) is 17.1 Å². The van der Waals surface area contributed by atoms with Crippen LogP contribution >= 0.6 is 11.8 Å². The molecule has 1 aromatic carbocycles. The first-order chi connectivity index (χ1) is 7.41. The number of Topliss-reactive ketones (excluding diaryl/α,β-unsaturated/α-hetero) is 1. The molecule has 0 aliphatic heterocycles. The molecule has 0 aliphatic rings. The van der Waals surface area contributed by atoms with Gasteiger partial charge in [-0.3, -0.25) is 4.79 Å². The third kappa shape index (κ3) is 3.89. The molecule has 0 atom stereocenters. The van der Waals surface area contributed by atoms with Crippen LogP contribution in [0.1, 0.15) is 18.9 Å². The molecule has 0 aromatic heterocycles. The van der Waals surface area contributed by atoms with E-state index in [-0.39, 0.29) is 17.1 Å². The molecule has 0 bridgehead atoms. The molecule has 0 saturated carbocycles. The highest BCUT2D eigenvalue weighted by Gasteiger charge is 2.32. The number of ketones is 1. The van der Waals surface area contributed by atoms with Gasteiger partial charge in [-0.1, -0.05) is 12.1 Å². The summed E-state index contributed by atoms with van der Waals surface area (Å²) in [5.41, 5.74) is -0.636. The van der Waals surface area contributed by atoms with Crippen LogP contribution in [0.15, 0.2) is 29.2 Å². The lowest BCUT2D eigenvalue weighted by Gasteiger charge is -2.11. The first-order valence-electron chi connectivity index (χ1n) is 4.69. The second-order valence-corrected chi connectivity index (χ2v) is 4.43. The van der Waals surface area contributed by atoms with E-state index in [9.17, 15) is 18.0 Å². The average Bonchev–Trinajstić information content (AvgIpc) is 2.16. The normalized spacial score (nSPS) is 11.5. The van der Waals surface area contributed by atoms with Crippen LogP contribution in [0.3, 0.4) is 0 Å². The Morgan fingerprint density at radius 1 is 1.31 bits per heavy atom. The van der Waals surface area contributed by atoms with Gasteiger partial charge in [0.15, 0.2) is 0 Å². The number of rotatable bonds is 4. The van der Waals surface area contributed by atoms with Gasteiger partial charge in [0.05, 0.1) is 5.56 Å². The molecule has 1 nitrogen and oxygen atoms in total. The van der Waals surface area contributed by atoms with Crippen molar-refractivity contribution in [1.29, 1.82) is 0 Å². The summed E-state index contributed by atoms with van der Waals surface area (Å²) in [5.74, 6) is 0.361. The number of hydrogen-bond acceptors (Lipinski definition) is 2. The molecule has 0 aliphatic carbocycles. The minimum Gasteiger partial charge on any atom is -0.300 e. The van der Waals surface area contributed by atoms with E-state index < -0.39 is 11.7 Å². The van der Waals surface area contributed by atoms with Crippen LogP contribution < -0.4 is 0 Å². The predicted molar refractivity (Wildman–Crippen MR) is 57.5 cm³/mol. The van der Waals surface area contributed by atoms with Gasteiger partial charge >= 0.3 is 6.18 Å². The Morgan fingerprint density at radius 3 is 2.50 bits per heavy atom. The van der Waals surface area contributed by atoms with Gasteiger partial charge in [0.25, 0.3) is 0 Å². The predicted octanol–water partition coefficient (Wildman–Crippen LogP) is 3.78. The van der Waals surface area contributed by atoms with Crippen molar-refractivity contribution in [2.75, 3.05) is 5.75 Å². The molecule has 0 amide bonds. The minimum atomic E-state index is -4.33. The molecule has 0 spiro atoms. The van der Waals surface area contributed by atoms with E-state index in [2.05, 4.69) is 0 Å². The van der Waals surface area contributed by atoms with Gasteiger partial charge in [0.1, 0.15) is 5.78 Å². The van der Waals surface area contributed by atoms with Crippen molar-refractivity contribution in [3.63, 3.8) is 0 Å². The Bertz CT molecular complexity index is 374. The highest BCUT2D eigenvalue weighted by atomic mass is 32.2. The summed E-state index contributed by atoms with van der Waals surface area (Å²) in [6, 6.07) is 5.40. The molecule has 0 saturated heterocycles. The summed E-state index contributed by atoms with van der Waals surface area (Å²) in [4.78, 5) is 10.9. The average molecular weight is 248 g/mol. The van der Waals surface area contributed by atoms with Crippen molar-refractivity contribution >= 4 is 17.5 Å². The van der Waals surface area contributed by atoms with E-state index in [0.717, 1.165) is 17.8 Å². The fourth-order valence-electron chi connectivity index (χ4n) is 1.13. The summed E-state index contributed by atoms with van der Waals surface area (Å²) < 4.78 is 37.7. The quantitative estimate of drug-likeness (QED) is 0.754. The van der Waals surface area contributed by atoms with E-state index in [4.69, 9.17) is 0 Å². The Hall–Kier alpha value is -0.970. The van der Waals surface area contributed by atoms with Crippen molar-refractivity contribution in [3.8, 4) is 0 Å². The van der Waals surface area contributed by atoms with Crippen LogP contribution in [0.4, 0.5) is 13.2 Å². The second kappa shape index (κ2) is 5.39. The Kier molecular flexibility index (Phi) is 4.41. The summed E-state index contributed by atoms with van der Waals surface area (Å²) in [7, 11) is 0. The summed E-state index contributed by atoms with van der Waals surface area (Å²) in [6.45, 7) is 1.43. The maximum absolute atomic E-state index is 12.6. The molecular formula is C11H11F3OS. The number of carbonyl (C=O) groups is 1. The van der Waals surface area contributed by atoms with Gasteiger partial charge < -0.3 is 0 Å². The van der Waals surface area contributed by atoms with Gasteiger partial charge in [-0.15, -0.1) is 11.8 Å². The molecule has 0 radical (unpaired) electrons. The topological polar surface area (TPSA) is 17.1 Å². The SMILES string of the molecule is CC(=O)CCSc1ccccc1C(F)(F)F. The zero-order chi connectivity index (χ0) is 12.2. The second-order valence-electron chi connectivity index (χ2n) is 3.29. The third-order valence-corrected chi connectivity index (χ3v) is 2.98. The van der Waals surface area contributed by atoms with Crippen molar-refractivity contribution in [2.24, 2.45) is 0 Å². The van der Waals surface area contributed by atoms with Crippen molar-refractivity contribution in [2.45, 2.75) is 24.4 Å². The van der Waals surface area contributed by atoms with E-state index in [0.29, 0.717) is 5.75 Å². The van der Waals surface area contributed by atoms with Crippen LogP contribution in [0.25, 0.3) is 0 Å². The smallest absolute Gasteiger partial charge is 0.300 e. The molecule has 5 heteroatoms. The summed E-state index contributed by atoms with van der Waals surface area (Å²) in [6.07, 6.45) is -4.04. The third-order valence-electron chi connectivity index (χ3n) is 1.90. The number of halogens is 3. The van der Waals surface area contributed by atoms with Gasteiger partial charge in [-0.05, 0) is 19.1 Å². The lowest BCUT2D eigenvalue weighted by Crippen LogP contribution is -2.06. The maximum Gasteiger partial charge on any atom is 0.417 e. The fourth-order valence-corrected chi connectivity index (χ4v) is 2.25. The summed E-state index contributed by atoms with van der Waals surface area (Å²) in [5, 5.41) is 0. The van der Waals surface area contributed by atoms with Crippen LogP contribution in [0, 0.1) is 0 Å².